The second kappa shape index (κ2) is 16.5. The number of hydrogen-bond donors (Lipinski definition) is 3. The van der Waals surface area contributed by atoms with E-state index in [1.54, 1.807) is 67.4 Å². The number of ether oxygens (including phenoxy) is 4. The molecule has 2 heterocycles. The SMILES string of the molecule is C[C@H]1CCCCO[C@@H](CN(C)C(=O)Nc2ccc3c(c2)OCO3)[C@@H](C)CN([C@@H](C)CO)C(=O)c2cc(NS(=O)(=O)c3ccccc3)ccc2O1. The lowest BCUT2D eigenvalue weighted by Crippen LogP contribution is -2.48. The summed E-state index contributed by atoms with van der Waals surface area (Å²) in [5.41, 5.74) is 0.909. The summed E-state index contributed by atoms with van der Waals surface area (Å²) < 4.78 is 52.3. The van der Waals surface area contributed by atoms with Gasteiger partial charge in [-0.05, 0) is 75.6 Å². The molecule has 270 valence electrons. The van der Waals surface area contributed by atoms with E-state index in [1.165, 1.54) is 23.1 Å². The van der Waals surface area contributed by atoms with Gasteiger partial charge in [0.2, 0.25) is 6.79 Å². The largest absolute Gasteiger partial charge is 0.490 e. The molecule has 3 amide bonds. The molecule has 3 N–H and O–H groups in total. The van der Waals surface area contributed by atoms with Crippen LogP contribution in [-0.4, -0.2) is 93.7 Å². The normalized spacial score (nSPS) is 20.5. The van der Waals surface area contributed by atoms with Crippen molar-refractivity contribution in [2.75, 3.05) is 50.2 Å². The number of carbonyl (C=O) groups excluding carboxylic acids is 2. The number of anilines is 2. The van der Waals surface area contributed by atoms with Crippen molar-refractivity contribution in [2.45, 2.75) is 63.2 Å². The van der Waals surface area contributed by atoms with Crippen LogP contribution in [0.5, 0.6) is 17.2 Å². The van der Waals surface area contributed by atoms with Crippen LogP contribution in [0.1, 0.15) is 50.4 Å². The number of hydrogen-bond acceptors (Lipinski definition) is 9. The Bertz CT molecular complexity index is 1740. The highest BCUT2D eigenvalue weighted by Crippen LogP contribution is 2.34. The van der Waals surface area contributed by atoms with E-state index in [2.05, 4.69) is 10.0 Å². The minimum atomic E-state index is -3.93. The monoisotopic (exact) mass is 710 g/mol. The third kappa shape index (κ3) is 9.17. The minimum Gasteiger partial charge on any atom is -0.490 e. The van der Waals surface area contributed by atoms with Gasteiger partial charge in [0.25, 0.3) is 15.9 Å². The molecule has 2 aliphatic heterocycles. The molecule has 0 radical (unpaired) electrons. The highest BCUT2D eigenvalue weighted by Gasteiger charge is 2.31. The molecule has 0 aliphatic carbocycles. The summed E-state index contributed by atoms with van der Waals surface area (Å²) in [6.07, 6.45) is 1.54. The molecule has 13 nitrogen and oxygen atoms in total. The molecule has 4 atom stereocenters. The van der Waals surface area contributed by atoms with Crippen LogP contribution in [0.2, 0.25) is 0 Å². The van der Waals surface area contributed by atoms with Gasteiger partial charge in [-0.2, -0.15) is 0 Å². The van der Waals surface area contributed by atoms with Gasteiger partial charge in [0.15, 0.2) is 11.5 Å². The van der Waals surface area contributed by atoms with Crippen LogP contribution in [0, 0.1) is 5.92 Å². The van der Waals surface area contributed by atoms with Crippen molar-refractivity contribution < 1.29 is 42.1 Å². The Labute approximate surface area is 293 Å². The number of benzene rings is 3. The summed E-state index contributed by atoms with van der Waals surface area (Å²) in [6, 6.07) is 16.8. The fourth-order valence-corrected chi connectivity index (χ4v) is 6.88. The van der Waals surface area contributed by atoms with E-state index in [4.69, 9.17) is 18.9 Å². The van der Waals surface area contributed by atoms with Gasteiger partial charge < -0.3 is 39.2 Å². The standard InChI is InChI=1S/C36H46N4O9S/c1-24-20-40(25(2)22-41)35(42)30-18-28(38-50(44,45)29-11-6-5-7-12-29)14-15-31(30)49-26(3)10-8-9-17-46-34(24)21-39(4)36(43)37-27-13-16-32-33(19-27)48-23-47-32/h5-7,11-16,18-19,24-26,34,38,41H,8-10,17,20-23H2,1-4H3,(H,37,43)/t24-,25-,26-,34-/m0/s1. The third-order valence-electron chi connectivity index (χ3n) is 8.78. The van der Waals surface area contributed by atoms with E-state index in [0.29, 0.717) is 36.0 Å². The predicted molar refractivity (Wildman–Crippen MR) is 188 cm³/mol. The minimum absolute atomic E-state index is 0.0845. The Balaban J connectivity index is 1.38. The van der Waals surface area contributed by atoms with E-state index in [1.807, 2.05) is 13.8 Å². The summed E-state index contributed by atoms with van der Waals surface area (Å²) in [7, 11) is -2.25. The molecular weight excluding hydrogens is 664 g/mol. The van der Waals surface area contributed by atoms with Gasteiger partial charge in [-0.15, -0.1) is 0 Å². The molecule has 3 aromatic carbocycles. The number of nitrogens with zero attached hydrogens (tertiary/aromatic N) is 2. The Morgan fingerprint density at radius 3 is 2.48 bits per heavy atom. The molecule has 0 unspecified atom stereocenters. The maximum absolute atomic E-state index is 14.4. The fraction of sp³-hybridized carbons (Fsp3) is 0.444. The smallest absolute Gasteiger partial charge is 0.321 e. The van der Waals surface area contributed by atoms with Crippen molar-refractivity contribution in [3.8, 4) is 17.2 Å². The quantitative estimate of drug-likeness (QED) is 0.287. The lowest BCUT2D eigenvalue weighted by Gasteiger charge is -2.35. The zero-order chi connectivity index (χ0) is 35.8. The first-order valence-corrected chi connectivity index (χ1v) is 18.3. The van der Waals surface area contributed by atoms with E-state index in [-0.39, 0.29) is 60.7 Å². The topological polar surface area (TPSA) is 156 Å². The molecule has 0 saturated carbocycles. The number of nitrogens with one attached hydrogen (secondary N) is 2. The molecule has 50 heavy (non-hydrogen) atoms. The first-order valence-electron chi connectivity index (χ1n) is 16.8. The molecule has 0 bridgehead atoms. The van der Waals surface area contributed by atoms with Gasteiger partial charge in [0.05, 0.1) is 35.3 Å². The predicted octanol–water partition coefficient (Wildman–Crippen LogP) is 5.18. The average molecular weight is 711 g/mol. The van der Waals surface area contributed by atoms with E-state index in [9.17, 15) is 23.1 Å². The van der Waals surface area contributed by atoms with Gasteiger partial charge in [-0.1, -0.05) is 25.1 Å². The molecule has 0 spiro atoms. The van der Waals surface area contributed by atoms with Crippen LogP contribution < -0.4 is 24.2 Å². The Morgan fingerprint density at radius 1 is 1.00 bits per heavy atom. The number of likely N-dealkylation sites (N-methyl/N-ethyl adjacent to an activating group) is 1. The summed E-state index contributed by atoms with van der Waals surface area (Å²) in [4.78, 5) is 30.8. The van der Waals surface area contributed by atoms with E-state index >= 15 is 0 Å². The van der Waals surface area contributed by atoms with Crippen LogP contribution in [0.3, 0.4) is 0 Å². The van der Waals surface area contributed by atoms with Crippen molar-refractivity contribution in [1.82, 2.24) is 9.80 Å². The molecule has 0 aromatic heterocycles. The van der Waals surface area contributed by atoms with Gasteiger partial charge in [0, 0.05) is 50.1 Å². The summed E-state index contributed by atoms with van der Waals surface area (Å²) in [6.45, 7) is 6.27. The average Bonchev–Trinajstić information content (AvgIpc) is 3.57. The highest BCUT2D eigenvalue weighted by atomic mass is 32.2. The van der Waals surface area contributed by atoms with Crippen molar-refractivity contribution >= 4 is 33.3 Å². The zero-order valence-corrected chi connectivity index (χ0v) is 29.6. The first-order chi connectivity index (χ1) is 23.9. The van der Waals surface area contributed by atoms with Crippen molar-refractivity contribution in [1.29, 1.82) is 0 Å². The molecule has 0 fully saturated rings. The fourth-order valence-electron chi connectivity index (χ4n) is 5.81. The second-order valence-corrected chi connectivity index (χ2v) is 14.5. The molecule has 14 heteroatoms. The molecule has 2 aliphatic rings. The Hall–Kier alpha value is -4.53. The maximum atomic E-state index is 14.4. The highest BCUT2D eigenvalue weighted by molar-refractivity contribution is 7.92. The zero-order valence-electron chi connectivity index (χ0n) is 28.8. The van der Waals surface area contributed by atoms with Crippen LogP contribution >= 0.6 is 0 Å². The van der Waals surface area contributed by atoms with Crippen molar-refractivity contribution in [3.05, 3.63) is 72.3 Å². The van der Waals surface area contributed by atoms with Gasteiger partial charge in [0.1, 0.15) is 5.75 Å². The second-order valence-electron chi connectivity index (χ2n) is 12.8. The van der Waals surface area contributed by atoms with Crippen LogP contribution in [-0.2, 0) is 14.8 Å². The van der Waals surface area contributed by atoms with Crippen LogP contribution in [0.25, 0.3) is 0 Å². The van der Waals surface area contributed by atoms with Gasteiger partial charge >= 0.3 is 6.03 Å². The maximum Gasteiger partial charge on any atom is 0.321 e. The number of aliphatic hydroxyl groups excluding tert-OH is 1. The van der Waals surface area contributed by atoms with Gasteiger partial charge in [-0.3, -0.25) is 9.52 Å². The first kappa shape index (κ1) is 36.7. The molecular formula is C36H46N4O9S. The number of fused-ring (bicyclic) bond motifs is 2. The van der Waals surface area contributed by atoms with Gasteiger partial charge in [-0.25, -0.2) is 13.2 Å². The van der Waals surface area contributed by atoms with Crippen molar-refractivity contribution in [2.24, 2.45) is 5.92 Å². The van der Waals surface area contributed by atoms with E-state index < -0.39 is 28.1 Å². The number of rotatable bonds is 8. The lowest BCUT2D eigenvalue weighted by atomic mass is 10.0. The lowest BCUT2D eigenvalue weighted by molar-refractivity contribution is -0.0115. The molecule has 0 saturated heterocycles. The van der Waals surface area contributed by atoms with E-state index in [0.717, 1.165) is 12.8 Å². The number of aliphatic hydroxyl groups is 1. The van der Waals surface area contributed by atoms with Crippen molar-refractivity contribution in [3.63, 3.8) is 0 Å². The Morgan fingerprint density at radius 2 is 1.72 bits per heavy atom. The van der Waals surface area contributed by atoms with Crippen LogP contribution in [0.15, 0.2) is 71.6 Å². The van der Waals surface area contributed by atoms with Crippen LogP contribution in [0.4, 0.5) is 16.2 Å². The third-order valence-corrected chi connectivity index (χ3v) is 10.2. The Kier molecular flexibility index (Phi) is 12.1. The summed E-state index contributed by atoms with van der Waals surface area (Å²) >= 11 is 0. The summed E-state index contributed by atoms with van der Waals surface area (Å²) in [5, 5.41) is 13.1. The number of carbonyl (C=O) groups is 2. The number of sulfonamides is 1. The molecule has 3 aromatic rings. The number of amides is 3. The molecule has 5 rings (SSSR count). The summed E-state index contributed by atoms with van der Waals surface area (Å²) in [5.74, 6) is 0.768. The number of urea groups is 1.